The number of ether oxygens (including phenoxy) is 2. The number of imidazole rings is 1. The molecule has 0 fully saturated rings. The summed E-state index contributed by atoms with van der Waals surface area (Å²) in [7, 11) is -3.35. The third kappa shape index (κ3) is 4.19. The lowest BCUT2D eigenvalue weighted by Gasteiger charge is -2.11. The fourth-order valence-electron chi connectivity index (χ4n) is 3.26. The molecule has 0 aliphatic carbocycles. The minimum absolute atomic E-state index is 0.00882. The number of rotatable bonds is 8. The Morgan fingerprint density at radius 2 is 2.03 bits per heavy atom. The quantitative estimate of drug-likeness (QED) is 0.372. The second kappa shape index (κ2) is 8.53. The monoisotopic (exact) mass is 489 g/mol. The first-order chi connectivity index (χ1) is 15.9. The zero-order valence-corrected chi connectivity index (χ0v) is 19.0. The number of nitrogens with zero attached hydrogens (tertiary/aromatic N) is 5. The lowest BCUT2D eigenvalue weighted by atomic mass is 10.2. The van der Waals surface area contributed by atoms with Gasteiger partial charge in [-0.25, -0.2) is 33.1 Å². The first kappa shape index (κ1) is 21.5. The maximum atomic E-state index is 11.9. The normalized spacial score (nSPS) is 13.1. The van der Waals surface area contributed by atoms with Crippen molar-refractivity contribution in [3.63, 3.8) is 0 Å². The van der Waals surface area contributed by atoms with E-state index in [0.717, 1.165) is 4.90 Å². The molecule has 0 spiro atoms. The van der Waals surface area contributed by atoms with Crippen molar-refractivity contribution < 1.29 is 22.3 Å². The highest BCUT2D eigenvalue weighted by molar-refractivity contribution is 7.99. The van der Waals surface area contributed by atoms with E-state index in [1.165, 1.54) is 24.4 Å². The first-order valence-electron chi connectivity index (χ1n) is 9.90. The second-order valence-electron chi connectivity index (χ2n) is 6.92. The van der Waals surface area contributed by atoms with E-state index in [9.17, 15) is 8.42 Å². The number of nitrogens with one attached hydrogen (secondary N) is 1. The number of nitrogens with two attached hydrogens (primary N) is 1. The fraction of sp³-hybridized carbons (Fsp3) is 0.263. The SMILES string of the molecule is CCS(=O)(=O)NCCn1c(Sc2cc3c(cc2-c2ncco2)OCO3)nc2c(N)ncnc21. The molecule has 0 radical (unpaired) electrons. The molecular weight excluding hydrogens is 470 g/mol. The molecule has 1 aliphatic heterocycles. The maximum absolute atomic E-state index is 11.9. The van der Waals surface area contributed by atoms with Crippen LogP contribution < -0.4 is 19.9 Å². The summed E-state index contributed by atoms with van der Waals surface area (Å²) in [4.78, 5) is 18.0. The van der Waals surface area contributed by atoms with Crippen molar-refractivity contribution in [2.45, 2.75) is 23.5 Å². The van der Waals surface area contributed by atoms with Crippen molar-refractivity contribution in [2.24, 2.45) is 0 Å². The Balaban J connectivity index is 1.56. The number of oxazole rings is 1. The van der Waals surface area contributed by atoms with Gasteiger partial charge in [0.05, 0.1) is 17.5 Å². The van der Waals surface area contributed by atoms with Crippen LogP contribution in [-0.4, -0.2) is 52.0 Å². The highest BCUT2D eigenvalue weighted by Crippen LogP contribution is 2.44. The summed E-state index contributed by atoms with van der Waals surface area (Å²) in [6.45, 7) is 2.14. The molecular formula is C19H19N7O5S2. The predicted molar refractivity (Wildman–Crippen MR) is 119 cm³/mol. The van der Waals surface area contributed by atoms with Crippen molar-refractivity contribution in [1.82, 2.24) is 29.2 Å². The Kier molecular flexibility index (Phi) is 5.55. The van der Waals surface area contributed by atoms with Gasteiger partial charge in [-0.3, -0.25) is 0 Å². The number of anilines is 1. The summed E-state index contributed by atoms with van der Waals surface area (Å²) in [5.74, 6) is 1.81. The Morgan fingerprint density at radius 3 is 2.79 bits per heavy atom. The van der Waals surface area contributed by atoms with Crippen LogP contribution in [0, 0.1) is 0 Å². The van der Waals surface area contributed by atoms with Gasteiger partial charge in [0.2, 0.25) is 22.7 Å². The smallest absolute Gasteiger partial charge is 0.231 e. The Labute approximate surface area is 192 Å². The summed E-state index contributed by atoms with van der Waals surface area (Å²) in [5, 5.41) is 0.541. The summed E-state index contributed by atoms with van der Waals surface area (Å²) in [6, 6.07) is 3.62. The molecule has 0 saturated heterocycles. The zero-order valence-electron chi connectivity index (χ0n) is 17.4. The molecule has 4 aromatic rings. The Hall–Kier alpha value is -3.36. The Bertz CT molecular complexity index is 1420. The fourth-order valence-corrected chi connectivity index (χ4v) is 4.91. The van der Waals surface area contributed by atoms with Crippen LogP contribution in [-0.2, 0) is 16.6 Å². The Morgan fingerprint density at radius 1 is 1.21 bits per heavy atom. The summed E-state index contributed by atoms with van der Waals surface area (Å²) in [6.07, 6.45) is 4.39. The zero-order chi connectivity index (χ0) is 23.0. The van der Waals surface area contributed by atoms with Gasteiger partial charge in [0.1, 0.15) is 12.6 Å². The molecule has 0 amide bonds. The van der Waals surface area contributed by atoms with Crippen molar-refractivity contribution in [2.75, 3.05) is 24.8 Å². The first-order valence-corrected chi connectivity index (χ1v) is 12.4. The van der Waals surface area contributed by atoms with E-state index in [4.69, 9.17) is 19.6 Å². The van der Waals surface area contributed by atoms with Crippen molar-refractivity contribution >= 4 is 38.8 Å². The van der Waals surface area contributed by atoms with Gasteiger partial charge in [-0.15, -0.1) is 0 Å². The second-order valence-corrected chi connectivity index (χ2v) is 10.0. The van der Waals surface area contributed by atoms with Crippen LogP contribution in [0.15, 0.2) is 45.4 Å². The molecule has 14 heteroatoms. The highest BCUT2D eigenvalue weighted by Gasteiger charge is 2.23. The third-order valence-electron chi connectivity index (χ3n) is 4.90. The summed E-state index contributed by atoms with van der Waals surface area (Å²) < 4.78 is 44.7. The number of hydrogen-bond acceptors (Lipinski definition) is 11. The average molecular weight is 490 g/mol. The molecule has 3 N–H and O–H groups in total. The minimum Gasteiger partial charge on any atom is -0.454 e. The van der Waals surface area contributed by atoms with Gasteiger partial charge in [0.15, 0.2) is 33.6 Å². The van der Waals surface area contributed by atoms with Crippen molar-refractivity contribution in [3.05, 3.63) is 30.9 Å². The van der Waals surface area contributed by atoms with E-state index in [1.807, 2.05) is 6.07 Å². The van der Waals surface area contributed by atoms with E-state index in [2.05, 4.69) is 24.7 Å². The molecule has 33 heavy (non-hydrogen) atoms. The van der Waals surface area contributed by atoms with Crippen molar-refractivity contribution in [1.29, 1.82) is 0 Å². The van der Waals surface area contributed by atoms with E-state index in [1.54, 1.807) is 23.8 Å². The van der Waals surface area contributed by atoms with E-state index in [0.29, 0.717) is 39.3 Å². The number of nitrogen functional groups attached to an aromatic ring is 1. The topological polar surface area (TPSA) is 160 Å². The van der Waals surface area contributed by atoms with E-state index < -0.39 is 10.0 Å². The standard InChI is InChI=1S/C19H19N7O5S2/c1-2-33(27,28)24-3-5-26-17-15(16(20)22-9-23-17)25-19(26)32-14-8-13-12(30-10-31-13)7-11(14)18-21-4-6-29-18/h4,6-9,24H,2-3,5,10H2,1H3,(H2,20,22,23). The van der Waals surface area contributed by atoms with Gasteiger partial charge in [-0.05, 0) is 19.1 Å². The maximum Gasteiger partial charge on any atom is 0.231 e. The molecule has 12 nitrogen and oxygen atoms in total. The van der Waals surface area contributed by atoms with Crippen LogP contribution in [0.25, 0.3) is 22.6 Å². The lowest BCUT2D eigenvalue weighted by Crippen LogP contribution is -2.28. The molecule has 0 bridgehead atoms. The number of aromatic nitrogens is 5. The van der Waals surface area contributed by atoms with Gasteiger partial charge >= 0.3 is 0 Å². The van der Waals surface area contributed by atoms with Crippen LogP contribution in [0.2, 0.25) is 0 Å². The lowest BCUT2D eigenvalue weighted by molar-refractivity contribution is 0.174. The largest absolute Gasteiger partial charge is 0.454 e. The summed E-state index contributed by atoms with van der Waals surface area (Å²) in [5.41, 5.74) is 7.64. The van der Waals surface area contributed by atoms with Crippen molar-refractivity contribution in [3.8, 4) is 23.0 Å². The highest BCUT2D eigenvalue weighted by atomic mass is 32.2. The molecule has 3 aromatic heterocycles. The van der Waals surface area contributed by atoms with Gasteiger partial charge in [0, 0.05) is 18.0 Å². The van der Waals surface area contributed by atoms with Gasteiger partial charge in [-0.1, -0.05) is 11.8 Å². The van der Waals surface area contributed by atoms with Crippen LogP contribution in [0.5, 0.6) is 11.5 Å². The molecule has 0 unspecified atom stereocenters. The van der Waals surface area contributed by atoms with Gasteiger partial charge in [0.25, 0.3) is 0 Å². The van der Waals surface area contributed by atoms with E-state index >= 15 is 0 Å². The number of sulfonamides is 1. The number of benzene rings is 1. The molecule has 0 atom stereocenters. The van der Waals surface area contributed by atoms with Gasteiger partial charge in [-0.2, -0.15) is 0 Å². The molecule has 1 aromatic carbocycles. The van der Waals surface area contributed by atoms with Crippen LogP contribution in [0.4, 0.5) is 5.82 Å². The number of hydrogen-bond donors (Lipinski definition) is 2. The minimum atomic E-state index is -3.35. The molecule has 4 heterocycles. The summed E-state index contributed by atoms with van der Waals surface area (Å²) >= 11 is 1.32. The molecule has 5 rings (SSSR count). The molecule has 1 aliphatic rings. The molecule has 172 valence electrons. The van der Waals surface area contributed by atoms with Crippen LogP contribution in [0.3, 0.4) is 0 Å². The molecule has 0 saturated carbocycles. The average Bonchev–Trinajstić information content (AvgIpc) is 3.54. The number of fused-ring (bicyclic) bond motifs is 2. The van der Waals surface area contributed by atoms with Gasteiger partial charge < -0.3 is 24.2 Å². The van der Waals surface area contributed by atoms with E-state index in [-0.39, 0.29) is 31.5 Å². The third-order valence-corrected chi connectivity index (χ3v) is 7.36. The van der Waals surface area contributed by atoms with Crippen LogP contribution in [0.1, 0.15) is 6.92 Å². The predicted octanol–water partition coefficient (Wildman–Crippen LogP) is 1.88. The van der Waals surface area contributed by atoms with Crippen LogP contribution >= 0.6 is 11.8 Å².